The van der Waals surface area contributed by atoms with E-state index in [0.29, 0.717) is 23.9 Å². The van der Waals surface area contributed by atoms with Gasteiger partial charge in [0.1, 0.15) is 5.82 Å². The highest BCUT2D eigenvalue weighted by atomic mass is 35.5. The van der Waals surface area contributed by atoms with Gasteiger partial charge >= 0.3 is 0 Å². The predicted octanol–water partition coefficient (Wildman–Crippen LogP) is 4.83. The zero-order valence-corrected chi connectivity index (χ0v) is 12.9. The minimum atomic E-state index is -0.267. The van der Waals surface area contributed by atoms with Crippen molar-refractivity contribution in [1.82, 2.24) is 5.32 Å². The maximum absolute atomic E-state index is 14.0. The Bertz CT molecular complexity index is 381. The largest absolute Gasteiger partial charge is 0.313 e. The first kappa shape index (κ1) is 16.5. The molecule has 1 rings (SSSR count). The van der Waals surface area contributed by atoms with Crippen LogP contribution in [0.3, 0.4) is 0 Å². The number of nitrogens with one attached hydrogen (secondary N) is 1. The van der Waals surface area contributed by atoms with Crippen LogP contribution in [-0.2, 0) is 6.42 Å². The van der Waals surface area contributed by atoms with Gasteiger partial charge in [-0.25, -0.2) is 4.39 Å². The number of rotatable bonds is 8. The molecule has 0 saturated heterocycles. The third kappa shape index (κ3) is 5.12. The molecule has 1 nitrogen and oxygen atoms in total. The first-order valence-electron chi connectivity index (χ1n) is 7.26. The van der Waals surface area contributed by atoms with Crippen LogP contribution in [0.4, 0.5) is 4.39 Å². The summed E-state index contributed by atoms with van der Waals surface area (Å²) in [6.45, 7) is 7.54. The molecule has 0 bridgehead atoms. The van der Waals surface area contributed by atoms with Crippen molar-refractivity contribution in [3.63, 3.8) is 0 Å². The minimum Gasteiger partial charge on any atom is -0.313 e. The molecule has 3 heteroatoms. The molecule has 1 aromatic carbocycles. The second kappa shape index (κ2) is 8.55. The lowest BCUT2D eigenvalue weighted by atomic mass is 9.91. The van der Waals surface area contributed by atoms with Crippen LogP contribution in [0.5, 0.6) is 0 Å². The van der Waals surface area contributed by atoms with Crippen molar-refractivity contribution in [2.45, 2.75) is 52.5 Å². The average molecular weight is 286 g/mol. The third-order valence-electron chi connectivity index (χ3n) is 3.56. The summed E-state index contributed by atoms with van der Waals surface area (Å²) in [7, 11) is 0. The highest BCUT2D eigenvalue weighted by molar-refractivity contribution is 6.30. The molecular formula is C16H25ClFN. The van der Waals surface area contributed by atoms with E-state index < -0.39 is 0 Å². The fourth-order valence-electron chi connectivity index (χ4n) is 2.40. The Hall–Kier alpha value is -0.600. The van der Waals surface area contributed by atoms with E-state index in [9.17, 15) is 4.39 Å². The van der Waals surface area contributed by atoms with Crippen LogP contribution in [0, 0.1) is 11.7 Å². The van der Waals surface area contributed by atoms with Crippen molar-refractivity contribution >= 4 is 11.6 Å². The third-order valence-corrected chi connectivity index (χ3v) is 3.85. The second-order valence-electron chi connectivity index (χ2n) is 5.24. The van der Waals surface area contributed by atoms with Gasteiger partial charge in [-0.3, -0.25) is 0 Å². The molecule has 19 heavy (non-hydrogen) atoms. The highest BCUT2D eigenvalue weighted by Gasteiger charge is 2.18. The molecule has 108 valence electrons. The van der Waals surface area contributed by atoms with Gasteiger partial charge < -0.3 is 5.32 Å². The zero-order valence-electron chi connectivity index (χ0n) is 12.2. The molecule has 2 atom stereocenters. The Labute approximate surface area is 121 Å². The van der Waals surface area contributed by atoms with Crippen molar-refractivity contribution in [2.24, 2.45) is 5.92 Å². The predicted molar refractivity (Wildman–Crippen MR) is 81.3 cm³/mol. The van der Waals surface area contributed by atoms with E-state index in [4.69, 9.17) is 11.6 Å². The smallest absolute Gasteiger partial charge is 0.145 e. The molecule has 2 unspecified atom stereocenters. The lowest BCUT2D eigenvalue weighted by molar-refractivity contribution is 0.349. The van der Waals surface area contributed by atoms with Gasteiger partial charge in [-0.2, -0.15) is 0 Å². The molecule has 0 aliphatic heterocycles. The van der Waals surface area contributed by atoms with Crippen LogP contribution in [0.15, 0.2) is 18.2 Å². The number of halogens is 2. The van der Waals surface area contributed by atoms with Gasteiger partial charge in [0, 0.05) is 6.04 Å². The van der Waals surface area contributed by atoms with Crippen molar-refractivity contribution in [3.8, 4) is 0 Å². The molecule has 0 saturated carbocycles. The normalized spacial score (nSPS) is 14.4. The Morgan fingerprint density at radius 3 is 2.63 bits per heavy atom. The SMILES string of the molecule is CCCNC(Cc1cccc(Cl)c1F)C(C)CCC. The first-order valence-corrected chi connectivity index (χ1v) is 7.64. The average Bonchev–Trinajstić information content (AvgIpc) is 2.39. The Kier molecular flexibility index (Phi) is 7.40. The lowest BCUT2D eigenvalue weighted by Gasteiger charge is -2.25. The summed E-state index contributed by atoms with van der Waals surface area (Å²) in [6, 6.07) is 5.57. The minimum absolute atomic E-state index is 0.217. The van der Waals surface area contributed by atoms with Crippen LogP contribution < -0.4 is 5.32 Å². The Morgan fingerprint density at radius 1 is 1.26 bits per heavy atom. The summed E-state index contributed by atoms with van der Waals surface area (Å²) in [4.78, 5) is 0. The summed E-state index contributed by atoms with van der Waals surface area (Å²) in [6.07, 6.45) is 4.11. The zero-order chi connectivity index (χ0) is 14.3. The van der Waals surface area contributed by atoms with Crippen LogP contribution in [0.25, 0.3) is 0 Å². The van der Waals surface area contributed by atoms with Crippen LogP contribution in [-0.4, -0.2) is 12.6 Å². The van der Waals surface area contributed by atoms with Gasteiger partial charge in [-0.1, -0.05) is 50.9 Å². The van der Waals surface area contributed by atoms with E-state index in [1.165, 1.54) is 0 Å². The number of benzene rings is 1. The van der Waals surface area contributed by atoms with Crippen LogP contribution in [0.2, 0.25) is 5.02 Å². The second-order valence-corrected chi connectivity index (χ2v) is 5.65. The quantitative estimate of drug-likeness (QED) is 0.722. The summed E-state index contributed by atoms with van der Waals surface area (Å²) < 4.78 is 14.0. The first-order chi connectivity index (χ1) is 9.10. The number of hydrogen-bond acceptors (Lipinski definition) is 1. The van der Waals surface area contributed by atoms with Crippen molar-refractivity contribution < 1.29 is 4.39 Å². The van der Waals surface area contributed by atoms with E-state index >= 15 is 0 Å². The monoisotopic (exact) mass is 285 g/mol. The van der Waals surface area contributed by atoms with Gasteiger partial charge in [-0.15, -0.1) is 0 Å². The Balaban J connectivity index is 2.78. The molecule has 0 heterocycles. The molecule has 0 spiro atoms. The molecular weight excluding hydrogens is 261 g/mol. The highest BCUT2D eigenvalue weighted by Crippen LogP contribution is 2.22. The van der Waals surface area contributed by atoms with Crippen molar-refractivity contribution in [2.75, 3.05) is 6.54 Å². The molecule has 0 aliphatic rings. The fourth-order valence-corrected chi connectivity index (χ4v) is 2.60. The van der Waals surface area contributed by atoms with E-state index in [1.54, 1.807) is 6.07 Å². The number of hydrogen-bond donors (Lipinski definition) is 1. The van der Waals surface area contributed by atoms with Crippen LogP contribution in [0.1, 0.15) is 45.6 Å². The van der Waals surface area contributed by atoms with E-state index in [-0.39, 0.29) is 10.8 Å². The fraction of sp³-hybridized carbons (Fsp3) is 0.625. The molecule has 0 aromatic heterocycles. The molecule has 1 aromatic rings. The molecule has 0 aliphatic carbocycles. The van der Waals surface area contributed by atoms with E-state index in [2.05, 4.69) is 26.1 Å². The molecule has 0 radical (unpaired) electrons. The van der Waals surface area contributed by atoms with Gasteiger partial charge in [0.05, 0.1) is 5.02 Å². The topological polar surface area (TPSA) is 12.0 Å². The molecule has 0 amide bonds. The van der Waals surface area contributed by atoms with E-state index in [0.717, 1.165) is 25.8 Å². The van der Waals surface area contributed by atoms with E-state index in [1.807, 2.05) is 12.1 Å². The van der Waals surface area contributed by atoms with Crippen molar-refractivity contribution in [3.05, 3.63) is 34.6 Å². The van der Waals surface area contributed by atoms with Gasteiger partial charge in [0.2, 0.25) is 0 Å². The maximum atomic E-state index is 14.0. The van der Waals surface area contributed by atoms with Gasteiger partial charge in [0.25, 0.3) is 0 Å². The lowest BCUT2D eigenvalue weighted by Crippen LogP contribution is -2.37. The van der Waals surface area contributed by atoms with Crippen LogP contribution >= 0.6 is 11.6 Å². The summed E-state index contributed by atoms with van der Waals surface area (Å²) >= 11 is 5.85. The Morgan fingerprint density at radius 2 is 2.00 bits per heavy atom. The molecule has 1 N–H and O–H groups in total. The maximum Gasteiger partial charge on any atom is 0.145 e. The van der Waals surface area contributed by atoms with Crippen molar-refractivity contribution in [1.29, 1.82) is 0 Å². The van der Waals surface area contributed by atoms with Gasteiger partial charge in [0.15, 0.2) is 0 Å². The summed E-state index contributed by atoms with van der Waals surface area (Å²) in [5.74, 6) is 0.270. The summed E-state index contributed by atoms with van der Waals surface area (Å²) in [5.41, 5.74) is 0.712. The summed E-state index contributed by atoms with van der Waals surface area (Å²) in [5, 5.41) is 3.76. The molecule has 0 fully saturated rings. The van der Waals surface area contributed by atoms with Gasteiger partial charge in [-0.05, 0) is 43.4 Å². The standard InChI is InChI=1S/C16H25ClFN/c1-4-7-12(3)15(19-10-5-2)11-13-8-6-9-14(17)16(13)18/h6,8-9,12,15,19H,4-5,7,10-11H2,1-3H3.